The topological polar surface area (TPSA) is 88.6 Å². The summed E-state index contributed by atoms with van der Waals surface area (Å²) in [4.78, 5) is 18.5. The van der Waals surface area contributed by atoms with E-state index in [0.29, 0.717) is 30.4 Å². The molecule has 0 spiro atoms. The average molecular weight is 502 g/mol. The maximum absolute atomic E-state index is 12.9. The summed E-state index contributed by atoms with van der Waals surface area (Å²) in [6, 6.07) is 13.7. The van der Waals surface area contributed by atoms with Crippen LogP contribution >= 0.6 is 11.3 Å². The molecule has 34 heavy (non-hydrogen) atoms. The van der Waals surface area contributed by atoms with E-state index in [2.05, 4.69) is 10.3 Å². The Hall–Kier alpha value is -2.75. The Morgan fingerprint density at radius 2 is 1.74 bits per heavy atom. The molecule has 0 saturated heterocycles. The first-order valence-corrected chi connectivity index (χ1v) is 13.7. The molecule has 0 fully saturated rings. The number of anilines is 1. The van der Waals surface area contributed by atoms with Crippen molar-refractivity contribution in [3.05, 3.63) is 59.0 Å². The Kier molecular flexibility index (Phi) is 8.82. The van der Waals surface area contributed by atoms with Crippen LogP contribution in [0.3, 0.4) is 0 Å². The van der Waals surface area contributed by atoms with Gasteiger partial charge >= 0.3 is 0 Å². The predicted molar refractivity (Wildman–Crippen MR) is 137 cm³/mol. The van der Waals surface area contributed by atoms with E-state index < -0.39 is 10.0 Å². The highest BCUT2D eigenvalue weighted by Gasteiger charge is 2.23. The molecule has 1 heterocycles. The number of amides is 1. The minimum atomic E-state index is -3.58. The molecular formula is C25H31N3O4S2. The summed E-state index contributed by atoms with van der Waals surface area (Å²) in [6.45, 7) is 9.24. The second-order valence-electron chi connectivity index (χ2n) is 7.71. The maximum Gasteiger partial charge on any atom is 0.257 e. The number of aromatic nitrogens is 1. The number of nitrogens with zero attached hydrogens (tertiary/aromatic N) is 2. The van der Waals surface area contributed by atoms with Crippen LogP contribution in [0.1, 0.15) is 48.8 Å². The number of unbranched alkanes of at least 4 members (excludes halogenated alkanes) is 1. The summed E-state index contributed by atoms with van der Waals surface area (Å²) in [5, 5.41) is 3.31. The van der Waals surface area contributed by atoms with Crippen molar-refractivity contribution in [3.63, 3.8) is 0 Å². The number of aryl methyl sites for hydroxylation is 1. The van der Waals surface area contributed by atoms with E-state index in [-0.39, 0.29) is 10.8 Å². The van der Waals surface area contributed by atoms with Crippen LogP contribution in [0.2, 0.25) is 0 Å². The van der Waals surface area contributed by atoms with Gasteiger partial charge in [-0.2, -0.15) is 4.31 Å². The molecule has 0 aliphatic heterocycles. The normalized spacial score (nSPS) is 11.6. The van der Waals surface area contributed by atoms with Gasteiger partial charge in [-0.1, -0.05) is 20.3 Å². The van der Waals surface area contributed by atoms with Crippen LogP contribution < -0.4 is 10.1 Å². The summed E-state index contributed by atoms with van der Waals surface area (Å²) >= 11 is 1.39. The predicted octanol–water partition coefficient (Wildman–Crippen LogP) is 5.58. The Morgan fingerprint density at radius 3 is 2.32 bits per heavy atom. The molecule has 1 N–H and O–H groups in total. The Morgan fingerprint density at radius 1 is 1.06 bits per heavy atom. The van der Waals surface area contributed by atoms with Crippen LogP contribution in [-0.2, 0) is 10.0 Å². The molecule has 7 nitrogen and oxygen atoms in total. The van der Waals surface area contributed by atoms with Gasteiger partial charge in [0.05, 0.1) is 17.2 Å². The fourth-order valence-corrected chi connectivity index (χ4v) is 5.79. The lowest BCUT2D eigenvalue weighted by Crippen LogP contribution is -2.31. The molecular weight excluding hydrogens is 470 g/mol. The highest BCUT2D eigenvalue weighted by Crippen LogP contribution is 2.31. The van der Waals surface area contributed by atoms with Crippen LogP contribution in [0.5, 0.6) is 5.75 Å². The quantitative estimate of drug-likeness (QED) is 0.370. The molecule has 0 aliphatic carbocycles. The molecule has 0 saturated carbocycles. The highest BCUT2D eigenvalue weighted by atomic mass is 32.2. The van der Waals surface area contributed by atoms with Crippen molar-refractivity contribution >= 4 is 32.4 Å². The van der Waals surface area contributed by atoms with Gasteiger partial charge in [0.25, 0.3) is 5.91 Å². The number of rotatable bonds is 11. The van der Waals surface area contributed by atoms with Gasteiger partial charge in [-0.05, 0) is 68.8 Å². The smallest absolute Gasteiger partial charge is 0.257 e. The number of carbonyl (C=O) groups excluding carboxylic acids is 1. The van der Waals surface area contributed by atoms with E-state index >= 15 is 0 Å². The SMILES string of the molecule is CCCCN(CC)S(=O)(=O)c1ccc(C(=O)Nc2nc(-c3ccc(OCC)cc3)c(C)s2)cc1. The van der Waals surface area contributed by atoms with Gasteiger partial charge in [-0.25, -0.2) is 13.4 Å². The van der Waals surface area contributed by atoms with Gasteiger partial charge in [0.1, 0.15) is 5.75 Å². The van der Waals surface area contributed by atoms with Crippen LogP contribution in [0.4, 0.5) is 5.13 Å². The van der Waals surface area contributed by atoms with Crippen molar-refractivity contribution < 1.29 is 17.9 Å². The van der Waals surface area contributed by atoms with Crippen molar-refractivity contribution in [2.75, 3.05) is 25.0 Å². The molecule has 0 atom stereocenters. The fourth-order valence-electron chi connectivity index (χ4n) is 3.47. The zero-order valence-electron chi connectivity index (χ0n) is 20.0. The number of ether oxygens (including phenoxy) is 1. The first-order chi connectivity index (χ1) is 16.3. The van der Waals surface area contributed by atoms with Crippen molar-refractivity contribution in [2.45, 2.75) is 45.4 Å². The molecule has 0 unspecified atom stereocenters. The average Bonchev–Trinajstić information content (AvgIpc) is 3.20. The van der Waals surface area contributed by atoms with Gasteiger partial charge in [0.15, 0.2) is 5.13 Å². The number of hydrogen-bond donors (Lipinski definition) is 1. The first-order valence-electron chi connectivity index (χ1n) is 11.4. The summed E-state index contributed by atoms with van der Waals surface area (Å²) in [5.41, 5.74) is 2.11. The fraction of sp³-hybridized carbons (Fsp3) is 0.360. The summed E-state index contributed by atoms with van der Waals surface area (Å²) in [7, 11) is -3.58. The van der Waals surface area contributed by atoms with Crippen molar-refractivity contribution in [2.24, 2.45) is 0 Å². The molecule has 182 valence electrons. The van der Waals surface area contributed by atoms with Crippen LogP contribution in [0.25, 0.3) is 11.3 Å². The second-order valence-corrected chi connectivity index (χ2v) is 10.9. The molecule has 0 aliphatic rings. The highest BCUT2D eigenvalue weighted by molar-refractivity contribution is 7.89. The third-order valence-electron chi connectivity index (χ3n) is 5.32. The van der Waals surface area contributed by atoms with Crippen molar-refractivity contribution in [1.82, 2.24) is 9.29 Å². The number of benzene rings is 2. The molecule has 3 rings (SSSR count). The van der Waals surface area contributed by atoms with E-state index in [0.717, 1.165) is 34.7 Å². The van der Waals surface area contributed by atoms with E-state index in [9.17, 15) is 13.2 Å². The van der Waals surface area contributed by atoms with Gasteiger partial charge in [-0.15, -0.1) is 11.3 Å². The molecule has 0 bridgehead atoms. The van der Waals surface area contributed by atoms with Gasteiger partial charge in [0, 0.05) is 29.1 Å². The van der Waals surface area contributed by atoms with Gasteiger partial charge in [0.2, 0.25) is 10.0 Å². The Balaban J connectivity index is 1.72. The third kappa shape index (κ3) is 6.02. The Labute approximate surface area is 205 Å². The number of sulfonamides is 1. The molecule has 1 aromatic heterocycles. The largest absolute Gasteiger partial charge is 0.494 e. The minimum Gasteiger partial charge on any atom is -0.494 e. The molecule has 0 radical (unpaired) electrons. The van der Waals surface area contributed by atoms with Crippen LogP contribution in [0.15, 0.2) is 53.4 Å². The van der Waals surface area contributed by atoms with Gasteiger partial charge in [-0.3, -0.25) is 10.1 Å². The number of thiazole rings is 1. The minimum absolute atomic E-state index is 0.185. The van der Waals surface area contributed by atoms with Crippen molar-refractivity contribution in [3.8, 4) is 17.0 Å². The molecule has 9 heteroatoms. The van der Waals surface area contributed by atoms with E-state index in [1.807, 2.05) is 52.0 Å². The number of carbonyl (C=O) groups is 1. The number of hydrogen-bond acceptors (Lipinski definition) is 6. The lowest BCUT2D eigenvalue weighted by Gasteiger charge is -2.20. The molecule has 1 amide bonds. The van der Waals surface area contributed by atoms with Gasteiger partial charge < -0.3 is 4.74 Å². The lowest BCUT2D eigenvalue weighted by molar-refractivity contribution is 0.102. The second kappa shape index (κ2) is 11.6. The summed E-state index contributed by atoms with van der Waals surface area (Å²) < 4.78 is 32.7. The molecule has 2 aromatic carbocycles. The maximum atomic E-state index is 12.9. The van der Waals surface area contributed by atoms with E-state index in [4.69, 9.17) is 4.74 Å². The van der Waals surface area contributed by atoms with E-state index in [1.165, 1.54) is 39.9 Å². The first kappa shape index (κ1) is 25.9. The third-order valence-corrected chi connectivity index (χ3v) is 8.20. The standard InChI is InChI=1S/C25H31N3O4S2/c1-5-8-17-28(6-2)34(30,31)22-15-11-20(12-16-22)24(29)27-25-26-23(18(4)33-25)19-9-13-21(14-10-19)32-7-3/h9-16H,5-8,17H2,1-4H3,(H,26,27,29). The van der Waals surface area contributed by atoms with Crippen LogP contribution in [0, 0.1) is 6.92 Å². The Bertz CT molecular complexity index is 1200. The lowest BCUT2D eigenvalue weighted by atomic mass is 10.1. The van der Waals surface area contributed by atoms with Crippen molar-refractivity contribution in [1.29, 1.82) is 0 Å². The molecule has 3 aromatic rings. The summed E-state index contributed by atoms with van der Waals surface area (Å²) in [5.74, 6) is 0.458. The number of nitrogens with one attached hydrogen (secondary N) is 1. The van der Waals surface area contributed by atoms with E-state index in [1.54, 1.807) is 0 Å². The zero-order valence-corrected chi connectivity index (χ0v) is 21.6. The van der Waals surface area contributed by atoms with Crippen LogP contribution in [-0.4, -0.2) is 43.3 Å². The zero-order chi connectivity index (χ0) is 24.7. The summed E-state index contributed by atoms with van der Waals surface area (Å²) in [6.07, 6.45) is 1.72. The monoisotopic (exact) mass is 501 g/mol.